The quantitative estimate of drug-likeness (QED) is 0.728. The van der Waals surface area contributed by atoms with Crippen LogP contribution in [0.3, 0.4) is 0 Å². The van der Waals surface area contributed by atoms with Crippen LogP contribution in [0.2, 0.25) is 0 Å². The standard InChI is InChI=1S/C24H31N3O3/c1-5-17-6-8-18(9-7-17)22(26(2)3)15-25-24(29)19-14-23(28)27(16-19)20-10-12-21(30-4)13-11-20/h6-13,19,22H,5,14-16H2,1-4H3,(H,25,29). The summed E-state index contributed by atoms with van der Waals surface area (Å²) in [6, 6.07) is 15.9. The van der Waals surface area contributed by atoms with Crippen molar-refractivity contribution in [1.82, 2.24) is 10.2 Å². The fraction of sp³-hybridized carbons (Fsp3) is 0.417. The van der Waals surface area contributed by atoms with E-state index in [2.05, 4.69) is 41.4 Å². The highest BCUT2D eigenvalue weighted by molar-refractivity contribution is 6.00. The molecule has 1 heterocycles. The molecule has 0 aliphatic carbocycles. The monoisotopic (exact) mass is 409 g/mol. The van der Waals surface area contributed by atoms with Gasteiger partial charge in [-0.3, -0.25) is 9.59 Å². The van der Waals surface area contributed by atoms with E-state index in [9.17, 15) is 9.59 Å². The molecule has 0 bridgehead atoms. The van der Waals surface area contributed by atoms with Gasteiger partial charge in [-0.15, -0.1) is 0 Å². The SMILES string of the molecule is CCc1ccc(C(CNC(=O)C2CC(=O)N(c3ccc(OC)cc3)C2)N(C)C)cc1. The Morgan fingerprint density at radius 2 is 1.83 bits per heavy atom. The lowest BCUT2D eigenvalue weighted by molar-refractivity contribution is -0.126. The number of amides is 2. The van der Waals surface area contributed by atoms with Crippen molar-refractivity contribution in [2.75, 3.05) is 39.2 Å². The molecule has 0 aromatic heterocycles. The summed E-state index contributed by atoms with van der Waals surface area (Å²) in [7, 11) is 5.62. The molecule has 1 fully saturated rings. The van der Waals surface area contributed by atoms with E-state index in [1.807, 2.05) is 38.4 Å². The molecule has 0 saturated carbocycles. The van der Waals surface area contributed by atoms with Crippen molar-refractivity contribution in [3.8, 4) is 5.75 Å². The smallest absolute Gasteiger partial charge is 0.227 e. The fourth-order valence-electron chi connectivity index (χ4n) is 3.81. The van der Waals surface area contributed by atoms with Gasteiger partial charge in [0.05, 0.1) is 19.1 Å². The Kier molecular flexibility index (Phi) is 7.11. The molecule has 2 aromatic carbocycles. The van der Waals surface area contributed by atoms with Gasteiger partial charge in [0.1, 0.15) is 5.75 Å². The molecule has 1 N–H and O–H groups in total. The van der Waals surface area contributed by atoms with Crippen molar-refractivity contribution in [2.24, 2.45) is 5.92 Å². The van der Waals surface area contributed by atoms with Gasteiger partial charge in [-0.05, 0) is 55.9 Å². The molecule has 30 heavy (non-hydrogen) atoms. The Bertz CT molecular complexity index is 862. The second kappa shape index (κ2) is 9.76. The first-order chi connectivity index (χ1) is 14.4. The van der Waals surface area contributed by atoms with E-state index in [1.54, 1.807) is 12.0 Å². The number of nitrogens with zero attached hydrogens (tertiary/aromatic N) is 2. The van der Waals surface area contributed by atoms with E-state index < -0.39 is 0 Å². The number of likely N-dealkylation sites (N-methyl/N-ethyl adjacent to an activating group) is 1. The van der Waals surface area contributed by atoms with Crippen LogP contribution in [0.25, 0.3) is 0 Å². The van der Waals surface area contributed by atoms with E-state index >= 15 is 0 Å². The highest BCUT2D eigenvalue weighted by Gasteiger charge is 2.35. The van der Waals surface area contributed by atoms with Crippen LogP contribution in [0.1, 0.15) is 30.5 Å². The Balaban J connectivity index is 1.61. The van der Waals surface area contributed by atoms with Gasteiger partial charge in [0.2, 0.25) is 11.8 Å². The molecule has 1 saturated heterocycles. The van der Waals surface area contributed by atoms with Crippen LogP contribution in [0.5, 0.6) is 5.75 Å². The van der Waals surface area contributed by atoms with Crippen molar-refractivity contribution < 1.29 is 14.3 Å². The highest BCUT2D eigenvalue weighted by atomic mass is 16.5. The Labute approximate surface area is 178 Å². The van der Waals surface area contributed by atoms with Gasteiger partial charge in [0, 0.05) is 25.2 Å². The van der Waals surface area contributed by atoms with Gasteiger partial charge < -0.3 is 19.9 Å². The van der Waals surface area contributed by atoms with E-state index in [0.717, 1.165) is 17.9 Å². The number of ether oxygens (including phenoxy) is 1. The summed E-state index contributed by atoms with van der Waals surface area (Å²) in [5.74, 6) is 0.294. The lowest BCUT2D eigenvalue weighted by Crippen LogP contribution is -2.38. The predicted molar refractivity (Wildman–Crippen MR) is 119 cm³/mol. The Morgan fingerprint density at radius 3 is 2.40 bits per heavy atom. The summed E-state index contributed by atoms with van der Waals surface area (Å²) >= 11 is 0. The van der Waals surface area contributed by atoms with Crippen molar-refractivity contribution in [3.63, 3.8) is 0 Å². The maximum Gasteiger partial charge on any atom is 0.227 e. The normalized spacial score (nSPS) is 17.3. The summed E-state index contributed by atoms with van der Waals surface area (Å²) in [5, 5.41) is 3.06. The molecule has 2 aromatic rings. The third-order valence-electron chi connectivity index (χ3n) is 5.75. The Hall–Kier alpha value is -2.86. The molecule has 0 spiro atoms. The fourth-order valence-corrected chi connectivity index (χ4v) is 3.81. The zero-order valence-corrected chi connectivity index (χ0v) is 18.2. The van der Waals surface area contributed by atoms with Crippen molar-refractivity contribution in [2.45, 2.75) is 25.8 Å². The predicted octanol–water partition coefficient (Wildman–Crippen LogP) is 3.03. The summed E-state index contributed by atoms with van der Waals surface area (Å²) in [6.07, 6.45) is 1.24. The van der Waals surface area contributed by atoms with Crippen molar-refractivity contribution >= 4 is 17.5 Å². The van der Waals surface area contributed by atoms with Crippen LogP contribution in [0.15, 0.2) is 48.5 Å². The number of rotatable bonds is 8. The minimum absolute atomic E-state index is 0.0281. The van der Waals surface area contributed by atoms with Gasteiger partial charge in [-0.25, -0.2) is 0 Å². The first kappa shape index (κ1) is 21.8. The molecule has 2 atom stereocenters. The second-order valence-corrected chi connectivity index (χ2v) is 7.92. The molecule has 6 nitrogen and oxygen atoms in total. The van der Waals surface area contributed by atoms with E-state index in [4.69, 9.17) is 4.74 Å². The topological polar surface area (TPSA) is 61.9 Å². The van der Waals surface area contributed by atoms with Crippen molar-refractivity contribution in [3.05, 3.63) is 59.7 Å². The number of nitrogens with one attached hydrogen (secondary N) is 1. The molecule has 0 radical (unpaired) electrons. The molecule has 1 aliphatic rings. The van der Waals surface area contributed by atoms with Crippen LogP contribution in [-0.4, -0.2) is 51.0 Å². The largest absolute Gasteiger partial charge is 0.497 e. The summed E-state index contributed by atoms with van der Waals surface area (Å²) in [4.78, 5) is 29.1. The summed E-state index contributed by atoms with van der Waals surface area (Å²) in [6.45, 7) is 3.04. The van der Waals surface area contributed by atoms with Crippen LogP contribution in [0, 0.1) is 5.92 Å². The number of aryl methyl sites for hydroxylation is 1. The number of methoxy groups -OCH3 is 1. The number of carbonyl (C=O) groups excluding carboxylic acids is 2. The third kappa shape index (κ3) is 5.00. The minimum Gasteiger partial charge on any atom is -0.497 e. The van der Waals surface area contributed by atoms with Crippen LogP contribution in [0.4, 0.5) is 5.69 Å². The van der Waals surface area contributed by atoms with Gasteiger partial charge in [-0.2, -0.15) is 0 Å². The molecular formula is C24H31N3O3. The first-order valence-electron chi connectivity index (χ1n) is 10.4. The summed E-state index contributed by atoms with van der Waals surface area (Å²) in [5.41, 5.74) is 3.25. The molecule has 1 aliphatic heterocycles. The molecule has 160 valence electrons. The van der Waals surface area contributed by atoms with Crippen LogP contribution < -0.4 is 15.0 Å². The Morgan fingerprint density at radius 1 is 1.17 bits per heavy atom. The minimum atomic E-state index is -0.343. The van der Waals surface area contributed by atoms with Crippen molar-refractivity contribution in [1.29, 1.82) is 0 Å². The van der Waals surface area contributed by atoms with Gasteiger partial charge in [0.25, 0.3) is 0 Å². The maximum atomic E-state index is 12.8. The number of benzene rings is 2. The van der Waals surface area contributed by atoms with Gasteiger partial charge >= 0.3 is 0 Å². The highest BCUT2D eigenvalue weighted by Crippen LogP contribution is 2.27. The molecular weight excluding hydrogens is 378 g/mol. The number of hydrogen-bond donors (Lipinski definition) is 1. The lowest BCUT2D eigenvalue weighted by atomic mass is 10.0. The van der Waals surface area contributed by atoms with Crippen LogP contribution in [-0.2, 0) is 16.0 Å². The number of carbonyl (C=O) groups is 2. The average molecular weight is 410 g/mol. The average Bonchev–Trinajstić information content (AvgIpc) is 3.15. The molecule has 2 amide bonds. The molecule has 6 heteroatoms. The zero-order valence-electron chi connectivity index (χ0n) is 18.2. The molecule has 3 rings (SSSR count). The second-order valence-electron chi connectivity index (χ2n) is 7.92. The number of anilines is 1. The third-order valence-corrected chi connectivity index (χ3v) is 5.75. The lowest BCUT2D eigenvalue weighted by Gasteiger charge is -2.26. The van der Waals surface area contributed by atoms with Gasteiger partial charge in [-0.1, -0.05) is 31.2 Å². The van der Waals surface area contributed by atoms with E-state index in [1.165, 1.54) is 11.1 Å². The summed E-state index contributed by atoms with van der Waals surface area (Å²) < 4.78 is 5.17. The maximum absolute atomic E-state index is 12.8. The zero-order chi connectivity index (χ0) is 21.7. The molecule has 2 unspecified atom stereocenters. The first-order valence-corrected chi connectivity index (χ1v) is 10.4. The van der Waals surface area contributed by atoms with E-state index in [-0.39, 0.29) is 30.2 Å². The van der Waals surface area contributed by atoms with Gasteiger partial charge in [0.15, 0.2) is 0 Å². The van der Waals surface area contributed by atoms with Crippen LogP contribution >= 0.6 is 0 Å². The number of hydrogen-bond acceptors (Lipinski definition) is 4. The van der Waals surface area contributed by atoms with E-state index in [0.29, 0.717) is 13.1 Å².